The third-order valence-electron chi connectivity index (χ3n) is 4.33. The number of aryl methyl sites for hydroxylation is 1. The Bertz CT molecular complexity index is 932. The van der Waals surface area contributed by atoms with Crippen molar-refractivity contribution in [2.45, 2.75) is 26.7 Å². The summed E-state index contributed by atoms with van der Waals surface area (Å²) in [5.74, 6) is 0.0219. The molecule has 0 atom stereocenters. The van der Waals surface area contributed by atoms with E-state index in [9.17, 15) is 13.2 Å². The van der Waals surface area contributed by atoms with Crippen molar-refractivity contribution < 1.29 is 13.2 Å². The van der Waals surface area contributed by atoms with E-state index in [1.165, 1.54) is 4.31 Å². The minimum Gasteiger partial charge on any atom is -0.322 e. The molecule has 2 heterocycles. The largest absolute Gasteiger partial charge is 0.322 e. The quantitative estimate of drug-likeness (QED) is 0.802. The summed E-state index contributed by atoms with van der Waals surface area (Å²) in [5, 5.41) is 4.84. The SMILES string of the molecule is C/C(=C\c1cccs1)C(=O)Nc1ccc(N2CCCCS2(=O)=O)c(C)c1. The highest BCUT2D eigenvalue weighted by Crippen LogP contribution is 2.29. The second-order valence-corrected chi connectivity index (χ2v) is 9.39. The monoisotopic (exact) mass is 390 g/mol. The molecule has 1 aliphatic rings. The lowest BCUT2D eigenvalue weighted by Crippen LogP contribution is -2.38. The van der Waals surface area contributed by atoms with Crippen molar-refractivity contribution in [2.75, 3.05) is 21.9 Å². The molecule has 1 N–H and O–H groups in total. The fourth-order valence-electron chi connectivity index (χ4n) is 2.95. The lowest BCUT2D eigenvalue weighted by Gasteiger charge is -2.29. The van der Waals surface area contributed by atoms with Crippen LogP contribution in [-0.2, 0) is 14.8 Å². The first kappa shape index (κ1) is 18.7. The van der Waals surface area contributed by atoms with Crippen LogP contribution >= 0.6 is 11.3 Å². The lowest BCUT2D eigenvalue weighted by atomic mass is 10.1. The number of carbonyl (C=O) groups excluding carboxylic acids is 1. The summed E-state index contributed by atoms with van der Waals surface area (Å²) in [6, 6.07) is 9.24. The zero-order valence-electron chi connectivity index (χ0n) is 14.9. The molecule has 1 aliphatic heterocycles. The average Bonchev–Trinajstić information content (AvgIpc) is 3.08. The van der Waals surface area contributed by atoms with Gasteiger partial charge in [0.15, 0.2) is 0 Å². The number of anilines is 2. The van der Waals surface area contributed by atoms with Gasteiger partial charge in [-0.2, -0.15) is 0 Å². The topological polar surface area (TPSA) is 66.5 Å². The predicted octanol–water partition coefficient (Wildman–Crippen LogP) is 4.03. The summed E-state index contributed by atoms with van der Waals surface area (Å²) in [4.78, 5) is 13.4. The van der Waals surface area contributed by atoms with Gasteiger partial charge in [0.2, 0.25) is 10.0 Å². The molecule has 1 saturated heterocycles. The van der Waals surface area contributed by atoms with Crippen LogP contribution < -0.4 is 9.62 Å². The van der Waals surface area contributed by atoms with Crippen LogP contribution in [-0.4, -0.2) is 26.6 Å². The first-order valence-corrected chi connectivity index (χ1v) is 11.0. The van der Waals surface area contributed by atoms with Crippen molar-refractivity contribution in [1.29, 1.82) is 0 Å². The maximum atomic E-state index is 12.4. The highest BCUT2D eigenvalue weighted by molar-refractivity contribution is 7.92. The standard InChI is InChI=1S/C19H22N2O3S2/c1-14-12-16(20-19(22)15(2)13-17-6-5-10-25-17)7-8-18(14)21-9-3-4-11-26(21,23)24/h5-8,10,12-13H,3-4,9,11H2,1-2H3,(H,20,22)/b15-13+. The number of thiophene rings is 1. The number of hydrogen-bond donors (Lipinski definition) is 1. The second kappa shape index (κ2) is 7.63. The van der Waals surface area contributed by atoms with Gasteiger partial charge in [-0.25, -0.2) is 8.42 Å². The predicted molar refractivity (Wildman–Crippen MR) is 108 cm³/mol. The molecular weight excluding hydrogens is 368 g/mol. The zero-order valence-corrected chi connectivity index (χ0v) is 16.5. The smallest absolute Gasteiger partial charge is 0.251 e. The highest BCUT2D eigenvalue weighted by atomic mass is 32.2. The van der Waals surface area contributed by atoms with E-state index in [0.29, 0.717) is 29.9 Å². The minimum absolute atomic E-state index is 0.170. The van der Waals surface area contributed by atoms with Crippen LogP contribution in [0.15, 0.2) is 41.3 Å². The van der Waals surface area contributed by atoms with Crippen molar-refractivity contribution in [1.82, 2.24) is 0 Å². The number of carbonyl (C=O) groups is 1. The number of nitrogens with one attached hydrogen (secondary N) is 1. The molecule has 26 heavy (non-hydrogen) atoms. The van der Waals surface area contributed by atoms with Gasteiger partial charge in [-0.1, -0.05) is 6.07 Å². The molecule has 1 fully saturated rings. The third-order valence-corrected chi connectivity index (χ3v) is 7.01. The van der Waals surface area contributed by atoms with Gasteiger partial charge in [0.25, 0.3) is 5.91 Å². The zero-order chi connectivity index (χ0) is 18.7. The molecule has 0 radical (unpaired) electrons. The highest BCUT2D eigenvalue weighted by Gasteiger charge is 2.27. The second-order valence-electron chi connectivity index (χ2n) is 6.39. The van der Waals surface area contributed by atoms with E-state index in [-0.39, 0.29) is 11.7 Å². The van der Waals surface area contributed by atoms with E-state index in [1.54, 1.807) is 30.4 Å². The molecule has 1 aromatic carbocycles. The van der Waals surface area contributed by atoms with Crippen LogP contribution in [0.5, 0.6) is 0 Å². The number of rotatable bonds is 4. The molecule has 0 aliphatic carbocycles. The summed E-state index contributed by atoms with van der Waals surface area (Å²) < 4.78 is 26.1. The molecule has 0 spiro atoms. The van der Waals surface area contributed by atoms with E-state index in [1.807, 2.05) is 36.6 Å². The van der Waals surface area contributed by atoms with Crippen molar-refractivity contribution >= 4 is 44.7 Å². The Hall–Kier alpha value is -2.12. The Morgan fingerprint density at radius 2 is 2.08 bits per heavy atom. The van der Waals surface area contributed by atoms with Gasteiger partial charge >= 0.3 is 0 Å². The maximum Gasteiger partial charge on any atom is 0.251 e. The molecule has 0 unspecified atom stereocenters. The Labute approximate surface area is 158 Å². The van der Waals surface area contributed by atoms with Crippen LogP contribution in [0.3, 0.4) is 0 Å². The molecule has 0 bridgehead atoms. The summed E-state index contributed by atoms with van der Waals surface area (Å²) >= 11 is 1.58. The van der Waals surface area contributed by atoms with Gasteiger partial charge in [-0.3, -0.25) is 9.10 Å². The van der Waals surface area contributed by atoms with E-state index in [4.69, 9.17) is 0 Å². The fourth-order valence-corrected chi connectivity index (χ4v) is 5.37. The molecule has 1 amide bonds. The number of amides is 1. The Morgan fingerprint density at radius 1 is 1.27 bits per heavy atom. The van der Waals surface area contributed by atoms with Gasteiger partial charge in [0, 0.05) is 22.7 Å². The molecule has 3 rings (SSSR count). The summed E-state index contributed by atoms with van der Waals surface area (Å²) in [5.41, 5.74) is 2.79. The molecule has 1 aromatic heterocycles. The normalized spacial score (nSPS) is 17.2. The molecule has 138 valence electrons. The summed E-state index contributed by atoms with van der Waals surface area (Å²) in [7, 11) is -3.24. The molecule has 5 nitrogen and oxygen atoms in total. The van der Waals surface area contributed by atoms with Crippen LogP contribution in [0.1, 0.15) is 30.2 Å². The van der Waals surface area contributed by atoms with Gasteiger partial charge < -0.3 is 5.32 Å². The van der Waals surface area contributed by atoms with E-state index in [0.717, 1.165) is 16.9 Å². The van der Waals surface area contributed by atoms with Gasteiger partial charge in [-0.15, -0.1) is 11.3 Å². The van der Waals surface area contributed by atoms with Gasteiger partial charge in [0.05, 0.1) is 11.4 Å². The van der Waals surface area contributed by atoms with Crippen LogP contribution in [0.4, 0.5) is 11.4 Å². The first-order chi connectivity index (χ1) is 12.4. The van der Waals surface area contributed by atoms with E-state index < -0.39 is 10.0 Å². The molecule has 2 aromatic rings. The van der Waals surface area contributed by atoms with Crippen molar-refractivity contribution in [2.24, 2.45) is 0 Å². The van der Waals surface area contributed by atoms with Crippen LogP contribution in [0.25, 0.3) is 6.08 Å². The maximum absolute atomic E-state index is 12.4. The number of hydrogen-bond acceptors (Lipinski definition) is 4. The van der Waals surface area contributed by atoms with Crippen LogP contribution in [0, 0.1) is 6.92 Å². The van der Waals surface area contributed by atoms with Gasteiger partial charge in [0.1, 0.15) is 0 Å². The molecular formula is C19H22N2O3S2. The minimum atomic E-state index is -3.24. The molecule has 0 saturated carbocycles. The average molecular weight is 391 g/mol. The van der Waals surface area contributed by atoms with Crippen molar-refractivity contribution in [3.63, 3.8) is 0 Å². The summed E-state index contributed by atoms with van der Waals surface area (Å²) in [6.07, 6.45) is 3.42. The Morgan fingerprint density at radius 3 is 2.73 bits per heavy atom. The number of sulfonamides is 1. The fraction of sp³-hybridized carbons (Fsp3) is 0.316. The number of nitrogens with zero attached hydrogens (tertiary/aromatic N) is 1. The third kappa shape index (κ3) is 4.16. The first-order valence-electron chi connectivity index (χ1n) is 8.51. The Kier molecular flexibility index (Phi) is 5.48. The lowest BCUT2D eigenvalue weighted by molar-refractivity contribution is -0.112. The Balaban J connectivity index is 1.76. The van der Waals surface area contributed by atoms with Crippen LogP contribution in [0.2, 0.25) is 0 Å². The van der Waals surface area contributed by atoms with Crippen molar-refractivity contribution in [3.05, 3.63) is 51.7 Å². The van der Waals surface area contributed by atoms with Crippen molar-refractivity contribution in [3.8, 4) is 0 Å². The molecule has 7 heteroatoms. The van der Waals surface area contributed by atoms with E-state index >= 15 is 0 Å². The van der Waals surface area contributed by atoms with E-state index in [2.05, 4.69) is 5.32 Å². The number of benzene rings is 1. The van der Waals surface area contributed by atoms with Gasteiger partial charge in [-0.05, 0) is 68.0 Å². The summed E-state index contributed by atoms with van der Waals surface area (Å²) in [6.45, 7) is 4.15.